The molecule has 0 unspecified atom stereocenters. The molecule has 0 aliphatic heterocycles. The van der Waals surface area contributed by atoms with Crippen LogP contribution in [0, 0.1) is 0 Å². The number of rotatable bonds is 2. The summed E-state index contributed by atoms with van der Waals surface area (Å²) >= 11 is 1.64. The molecule has 58 valence electrons. The van der Waals surface area contributed by atoms with E-state index in [4.69, 9.17) is 0 Å². The van der Waals surface area contributed by atoms with Crippen LogP contribution in [0.1, 0.15) is 11.8 Å². The Morgan fingerprint density at radius 2 is 2.55 bits per heavy atom. The van der Waals surface area contributed by atoms with Crippen molar-refractivity contribution in [3.63, 3.8) is 0 Å². The van der Waals surface area contributed by atoms with Gasteiger partial charge < -0.3 is 5.32 Å². The molecule has 1 N–H and O–H groups in total. The van der Waals surface area contributed by atoms with Crippen molar-refractivity contribution < 1.29 is 4.79 Å². The molecule has 1 heterocycles. The first kappa shape index (κ1) is 8.01. The number of hydrogen-bond acceptors (Lipinski definition) is 2. The molecule has 0 bridgehead atoms. The number of carbonyl (C=O) groups is 1. The van der Waals surface area contributed by atoms with Crippen LogP contribution in [0.4, 0.5) is 0 Å². The highest BCUT2D eigenvalue weighted by Gasteiger charge is 1.85. The van der Waals surface area contributed by atoms with Crippen molar-refractivity contribution in [1.29, 1.82) is 0 Å². The largest absolute Gasteiger partial charge is 0.333 e. The summed E-state index contributed by atoms with van der Waals surface area (Å²) in [4.78, 5) is 11.6. The molecule has 0 fully saturated rings. The monoisotopic (exact) mass is 167 g/mol. The summed E-state index contributed by atoms with van der Waals surface area (Å²) in [5.41, 5.74) is 0. The normalized spacial score (nSPS) is 10.3. The third kappa shape index (κ3) is 3.00. The van der Waals surface area contributed by atoms with E-state index in [9.17, 15) is 4.79 Å². The average Bonchev–Trinajstić information content (AvgIpc) is 2.39. The third-order valence-corrected chi connectivity index (χ3v) is 1.91. The maximum Gasteiger partial charge on any atom is 0.220 e. The summed E-state index contributed by atoms with van der Waals surface area (Å²) < 4.78 is 0. The third-order valence-electron chi connectivity index (χ3n) is 1.08. The zero-order valence-corrected chi connectivity index (χ0v) is 7.02. The number of hydrogen-bond donors (Lipinski definition) is 1. The van der Waals surface area contributed by atoms with Crippen LogP contribution in [0.3, 0.4) is 0 Å². The van der Waals surface area contributed by atoms with Crippen LogP contribution in [0.5, 0.6) is 0 Å². The fourth-order valence-corrected chi connectivity index (χ4v) is 1.25. The lowest BCUT2D eigenvalue weighted by atomic mass is 10.4. The van der Waals surface area contributed by atoms with E-state index >= 15 is 0 Å². The second kappa shape index (κ2) is 3.93. The number of amides is 1. The van der Waals surface area contributed by atoms with E-state index in [0.29, 0.717) is 0 Å². The lowest BCUT2D eigenvalue weighted by Gasteiger charge is -1.88. The Hall–Kier alpha value is -1.09. The van der Waals surface area contributed by atoms with Crippen molar-refractivity contribution in [2.75, 3.05) is 0 Å². The lowest BCUT2D eigenvalue weighted by Crippen LogP contribution is -2.10. The molecular weight excluding hydrogens is 158 g/mol. The predicted octanol–water partition coefficient (Wildman–Crippen LogP) is 1.85. The summed E-state index contributed by atoms with van der Waals surface area (Å²) in [5, 5.41) is 4.56. The van der Waals surface area contributed by atoms with E-state index in [-0.39, 0.29) is 5.91 Å². The summed E-state index contributed by atoms with van der Waals surface area (Å²) in [6, 6.07) is 3.96. The van der Waals surface area contributed by atoms with Crippen molar-refractivity contribution in [1.82, 2.24) is 5.32 Å². The van der Waals surface area contributed by atoms with E-state index in [0.717, 1.165) is 4.88 Å². The van der Waals surface area contributed by atoms with Crippen LogP contribution < -0.4 is 5.32 Å². The van der Waals surface area contributed by atoms with Gasteiger partial charge in [0.2, 0.25) is 5.91 Å². The van der Waals surface area contributed by atoms with Gasteiger partial charge in [-0.3, -0.25) is 4.79 Å². The average molecular weight is 167 g/mol. The van der Waals surface area contributed by atoms with Gasteiger partial charge in [0.1, 0.15) is 0 Å². The van der Waals surface area contributed by atoms with E-state index in [2.05, 4.69) is 5.32 Å². The lowest BCUT2D eigenvalue weighted by molar-refractivity contribution is -0.118. The van der Waals surface area contributed by atoms with Crippen LogP contribution >= 0.6 is 11.3 Å². The van der Waals surface area contributed by atoms with Crippen molar-refractivity contribution in [2.24, 2.45) is 0 Å². The molecule has 1 aromatic rings. The molecule has 0 atom stereocenters. The molecule has 0 aliphatic carbocycles. The van der Waals surface area contributed by atoms with Gasteiger partial charge in [-0.05, 0) is 17.5 Å². The quantitative estimate of drug-likeness (QED) is 0.715. The highest BCUT2D eigenvalue weighted by molar-refractivity contribution is 7.10. The first-order valence-electron chi connectivity index (χ1n) is 3.26. The van der Waals surface area contributed by atoms with E-state index in [1.54, 1.807) is 17.5 Å². The maximum atomic E-state index is 10.4. The smallest absolute Gasteiger partial charge is 0.220 e. The first-order valence-corrected chi connectivity index (χ1v) is 4.14. The number of thiophene rings is 1. The molecule has 0 saturated heterocycles. The van der Waals surface area contributed by atoms with Gasteiger partial charge in [0.15, 0.2) is 0 Å². The maximum absolute atomic E-state index is 10.4. The van der Waals surface area contributed by atoms with E-state index in [1.165, 1.54) is 6.92 Å². The molecule has 1 amide bonds. The Balaban J connectivity index is 2.43. The minimum atomic E-state index is -0.0437. The SMILES string of the molecule is CC(=O)NC=Cc1cccs1. The minimum Gasteiger partial charge on any atom is -0.333 e. The predicted molar refractivity (Wildman–Crippen MR) is 47.2 cm³/mol. The molecule has 0 spiro atoms. The Labute approximate surface area is 69.6 Å². The van der Waals surface area contributed by atoms with E-state index < -0.39 is 0 Å². The summed E-state index contributed by atoms with van der Waals surface area (Å²) in [5.74, 6) is -0.0437. The summed E-state index contributed by atoms with van der Waals surface area (Å²) in [7, 11) is 0. The van der Waals surface area contributed by atoms with Gasteiger partial charge in [0.25, 0.3) is 0 Å². The number of nitrogens with one attached hydrogen (secondary N) is 1. The van der Waals surface area contributed by atoms with Gasteiger partial charge in [-0.1, -0.05) is 6.07 Å². The molecule has 1 aromatic heterocycles. The minimum absolute atomic E-state index is 0.0437. The van der Waals surface area contributed by atoms with Gasteiger partial charge in [-0.2, -0.15) is 0 Å². The second-order valence-electron chi connectivity index (χ2n) is 2.05. The standard InChI is InChI=1S/C8H9NOS/c1-7(10)9-5-4-8-3-2-6-11-8/h2-6H,1H3,(H,9,10). The Kier molecular flexibility index (Phi) is 2.86. The molecule has 11 heavy (non-hydrogen) atoms. The van der Waals surface area contributed by atoms with Crippen molar-refractivity contribution in [3.05, 3.63) is 28.6 Å². The summed E-state index contributed by atoms with van der Waals surface area (Å²) in [6.07, 6.45) is 3.51. The Bertz CT molecular complexity index is 251. The molecule has 1 rings (SSSR count). The van der Waals surface area contributed by atoms with Crippen molar-refractivity contribution in [3.8, 4) is 0 Å². The molecular formula is C8H9NOS. The van der Waals surface area contributed by atoms with Gasteiger partial charge in [-0.15, -0.1) is 11.3 Å². The Morgan fingerprint density at radius 3 is 3.09 bits per heavy atom. The molecule has 2 nitrogen and oxygen atoms in total. The number of carbonyl (C=O) groups excluding carboxylic acids is 1. The van der Waals surface area contributed by atoms with Gasteiger partial charge in [0, 0.05) is 18.0 Å². The molecule has 3 heteroatoms. The highest BCUT2D eigenvalue weighted by atomic mass is 32.1. The first-order chi connectivity index (χ1) is 5.29. The van der Waals surface area contributed by atoms with Gasteiger partial charge in [-0.25, -0.2) is 0 Å². The fourth-order valence-electron chi connectivity index (χ4n) is 0.627. The molecule has 0 aromatic carbocycles. The molecule has 0 radical (unpaired) electrons. The van der Waals surface area contributed by atoms with Gasteiger partial charge in [0.05, 0.1) is 0 Å². The van der Waals surface area contributed by atoms with Crippen LogP contribution in [-0.2, 0) is 4.79 Å². The zero-order valence-electron chi connectivity index (χ0n) is 6.20. The van der Waals surface area contributed by atoms with Crippen LogP contribution in [-0.4, -0.2) is 5.91 Å². The van der Waals surface area contributed by atoms with E-state index in [1.807, 2.05) is 23.6 Å². The topological polar surface area (TPSA) is 29.1 Å². The van der Waals surface area contributed by atoms with Crippen LogP contribution in [0.2, 0.25) is 0 Å². The van der Waals surface area contributed by atoms with Crippen LogP contribution in [0.15, 0.2) is 23.7 Å². The summed E-state index contributed by atoms with van der Waals surface area (Å²) in [6.45, 7) is 1.48. The fraction of sp³-hybridized carbons (Fsp3) is 0.125. The molecule has 0 aliphatic rings. The molecule has 0 saturated carbocycles. The van der Waals surface area contributed by atoms with Gasteiger partial charge >= 0.3 is 0 Å². The van der Waals surface area contributed by atoms with Crippen LogP contribution in [0.25, 0.3) is 6.08 Å². The van der Waals surface area contributed by atoms with Crippen molar-refractivity contribution >= 4 is 23.3 Å². The highest BCUT2D eigenvalue weighted by Crippen LogP contribution is 2.09. The second-order valence-corrected chi connectivity index (χ2v) is 3.03. The van der Waals surface area contributed by atoms with Crippen molar-refractivity contribution in [2.45, 2.75) is 6.92 Å². The Morgan fingerprint density at radius 1 is 1.73 bits per heavy atom. The zero-order chi connectivity index (χ0) is 8.10.